The second-order valence-electron chi connectivity index (χ2n) is 6.43. The minimum Gasteiger partial charge on any atom is -0.383 e. The Balaban J connectivity index is 1.57. The van der Waals surface area contributed by atoms with Gasteiger partial charge in [0.05, 0.1) is 6.61 Å². The van der Waals surface area contributed by atoms with Crippen molar-refractivity contribution in [2.24, 2.45) is 0 Å². The van der Waals surface area contributed by atoms with Gasteiger partial charge in [0.1, 0.15) is 5.69 Å². The van der Waals surface area contributed by atoms with E-state index in [1.165, 1.54) is 11.3 Å². The van der Waals surface area contributed by atoms with Crippen molar-refractivity contribution in [1.29, 1.82) is 0 Å². The third kappa shape index (κ3) is 4.91. The Morgan fingerprint density at radius 1 is 1.22 bits per heavy atom. The van der Waals surface area contributed by atoms with Crippen molar-refractivity contribution in [2.75, 3.05) is 51.8 Å². The van der Waals surface area contributed by atoms with Gasteiger partial charge in [-0.15, -0.1) is 11.3 Å². The van der Waals surface area contributed by atoms with Crippen LogP contribution in [0.5, 0.6) is 0 Å². The van der Waals surface area contributed by atoms with E-state index in [0.717, 1.165) is 25.2 Å². The average Bonchev–Trinajstić information content (AvgIpc) is 3.15. The van der Waals surface area contributed by atoms with Crippen LogP contribution in [0.4, 0.5) is 5.13 Å². The Labute approximate surface area is 162 Å². The number of nitrogens with one attached hydrogen (secondary N) is 1. The first kappa shape index (κ1) is 19.5. The fourth-order valence-electron chi connectivity index (χ4n) is 2.98. The number of rotatable bonds is 6. The van der Waals surface area contributed by atoms with Gasteiger partial charge < -0.3 is 9.64 Å². The number of anilines is 1. The highest BCUT2D eigenvalue weighted by Crippen LogP contribution is 2.19. The van der Waals surface area contributed by atoms with E-state index in [1.807, 2.05) is 30.0 Å². The molecule has 7 nitrogen and oxygen atoms in total. The minimum absolute atomic E-state index is 0.0889. The lowest BCUT2D eigenvalue weighted by atomic mass is 10.1. The van der Waals surface area contributed by atoms with Gasteiger partial charge in [-0.3, -0.25) is 19.8 Å². The second kappa shape index (κ2) is 9.07. The van der Waals surface area contributed by atoms with Crippen LogP contribution < -0.4 is 5.32 Å². The Bertz CT molecular complexity index is 800. The molecule has 0 saturated carbocycles. The zero-order valence-electron chi connectivity index (χ0n) is 15.6. The SMILES string of the molecule is COCCN1CCN(C(=O)c2csc(NC(=O)c3ccccc3C)n2)CC1. The molecule has 1 fully saturated rings. The van der Waals surface area contributed by atoms with E-state index in [2.05, 4.69) is 15.2 Å². The highest BCUT2D eigenvalue weighted by Gasteiger charge is 2.24. The lowest BCUT2D eigenvalue weighted by Crippen LogP contribution is -2.49. The maximum atomic E-state index is 12.7. The van der Waals surface area contributed by atoms with Crippen LogP contribution in [0.3, 0.4) is 0 Å². The molecule has 0 bridgehead atoms. The zero-order chi connectivity index (χ0) is 19.2. The molecule has 2 aromatic rings. The highest BCUT2D eigenvalue weighted by atomic mass is 32.1. The molecule has 2 amide bonds. The molecule has 1 aliphatic rings. The van der Waals surface area contributed by atoms with Gasteiger partial charge in [0.25, 0.3) is 11.8 Å². The molecular weight excluding hydrogens is 364 g/mol. The summed E-state index contributed by atoms with van der Waals surface area (Å²) >= 11 is 1.26. The van der Waals surface area contributed by atoms with Gasteiger partial charge in [-0.2, -0.15) is 0 Å². The Morgan fingerprint density at radius 3 is 2.67 bits per heavy atom. The maximum absolute atomic E-state index is 12.7. The summed E-state index contributed by atoms with van der Waals surface area (Å²) in [5.74, 6) is -0.303. The quantitative estimate of drug-likeness (QED) is 0.820. The Kier molecular flexibility index (Phi) is 6.54. The summed E-state index contributed by atoms with van der Waals surface area (Å²) in [5, 5.41) is 4.92. The largest absolute Gasteiger partial charge is 0.383 e. The van der Waals surface area contributed by atoms with E-state index in [-0.39, 0.29) is 11.8 Å². The first-order valence-electron chi connectivity index (χ1n) is 8.91. The van der Waals surface area contributed by atoms with Crippen LogP contribution in [-0.2, 0) is 4.74 Å². The molecule has 0 atom stereocenters. The highest BCUT2D eigenvalue weighted by molar-refractivity contribution is 7.14. The summed E-state index contributed by atoms with van der Waals surface area (Å²) < 4.78 is 5.10. The van der Waals surface area contributed by atoms with Crippen LogP contribution in [0.2, 0.25) is 0 Å². The number of amides is 2. The standard InChI is InChI=1S/C19H24N4O3S/c1-14-5-3-4-6-15(14)17(24)21-19-20-16(13-27-19)18(25)23-9-7-22(8-10-23)11-12-26-2/h3-6,13H,7-12H2,1-2H3,(H,20,21,24). The van der Waals surface area contributed by atoms with E-state index in [9.17, 15) is 9.59 Å². The van der Waals surface area contributed by atoms with Gasteiger partial charge in [0, 0.05) is 50.8 Å². The number of hydrogen-bond acceptors (Lipinski definition) is 6. The lowest BCUT2D eigenvalue weighted by molar-refractivity contribution is 0.0589. The van der Waals surface area contributed by atoms with Crippen molar-refractivity contribution in [3.8, 4) is 0 Å². The summed E-state index contributed by atoms with van der Waals surface area (Å²) in [5.41, 5.74) is 1.88. The predicted octanol–water partition coefficient (Wildman–Crippen LogP) is 2.11. The molecule has 1 saturated heterocycles. The van der Waals surface area contributed by atoms with Gasteiger partial charge in [-0.05, 0) is 18.6 Å². The Morgan fingerprint density at radius 2 is 1.96 bits per heavy atom. The van der Waals surface area contributed by atoms with Gasteiger partial charge in [0.15, 0.2) is 5.13 Å². The van der Waals surface area contributed by atoms with Crippen LogP contribution in [-0.4, -0.2) is 73.0 Å². The van der Waals surface area contributed by atoms with Crippen molar-refractivity contribution in [3.05, 3.63) is 46.5 Å². The van der Waals surface area contributed by atoms with E-state index in [4.69, 9.17) is 4.74 Å². The van der Waals surface area contributed by atoms with Crippen LogP contribution >= 0.6 is 11.3 Å². The molecule has 1 aromatic carbocycles. The summed E-state index contributed by atoms with van der Waals surface area (Å²) in [6, 6.07) is 7.37. The first-order chi connectivity index (χ1) is 13.1. The van der Waals surface area contributed by atoms with E-state index in [0.29, 0.717) is 36.1 Å². The smallest absolute Gasteiger partial charge is 0.273 e. The summed E-state index contributed by atoms with van der Waals surface area (Å²) in [4.78, 5) is 33.4. The van der Waals surface area contributed by atoms with Crippen LogP contribution in [0.15, 0.2) is 29.6 Å². The molecule has 1 aliphatic heterocycles. The van der Waals surface area contributed by atoms with Crippen molar-refractivity contribution in [2.45, 2.75) is 6.92 Å². The van der Waals surface area contributed by atoms with Gasteiger partial charge in [-0.1, -0.05) is 18.2 Å². The molecule has 0 aliphatic carbocycles. The molecule has 27 heavy (non-hydrogen) atoms. The fraction of sp³-hybridized carbons (Fsp3) is 0.421. The minimum atomic E-state index is -0.215. The molecule has 0 radical (unpaired) electrons. The fourth-order valence-corrected chi connectivity index (χ4v) is 3.66. The van der Waals surface area contributed by atoms with Crippen LogP contribution in [0.25, 0.3) is 0 Å². The van der Waals surface area contributed by atoms with E-state index in [1.54, 1.807) is 18.6 Å². The Hall–Kier alpha value is -2.29. The third-order valence-electron chi connectivity index (χ3n) is 4.60. The summed E-state index contributed by atoms with van der Waals surface area (Å²) in [6.07, 6.45) is 0. The van der Waals surface area contributed by atoms with Crippen molar-refractivity contribution in [3.63, 3.8) is 0 Å². The van der Waals surface area contributed by atoms with Gasteiger partial charge in [0.2, 0.25) is 0 Å². The number of ether oxygens (including phenoxy) is 1. The van der Waals surface area contributed by atoms with Gasteiger partial charge >= 0.3 is 0 Å². The van der Waals surface area contributed by atoms with Crippen molar-refractivity contribution < 1.29 is 14.3 Å². The van der Waals surface area contributed by atoms with Gasteiger partial charge in [-0.25, -0.2) is 4.98 Å². The van der Waals surface area contributed by atoms with E-state index >= 15 is 0 Å². The van der Waals surface area contributed by atoms with E-state index < -0.39 is 0 Å². The molecule has 144 valence electrons. The number of piperazine rings is 1. The predicted molar refractivity (Wildman–Crippen MR) is 105 cm³/mol. The number of benzene rings is 1. The molecule has 3 rings (SSSR count). The number of carbonyl (C=O) groups is 2. The number of thiazole rings is 1. The monoisotopic (exact) mass is 388 g/mol. The topological polar surface area (TPSA) is 74.8 Å². The van der Waals surface area contributed by atoms with Crippen molar-refractivity contribution in [1.82, 2.24) is 14.8 Å². The first-order valence-corrected chi connectivity index (χ1v) is 9.79. The maximum Gasteiger partial charge on any atom is 0.273 e. The number of aromatic nitrogens is 1. The molecule has 1 aromatic heterocycles. The molecule has 8 heteroatoms. The van der Waals surface area contributed by atoms with Crippen LogP contribution in [0.1, 0.15) is 26.4 Å². The van der Waals surface area contributed by atoms with Crippen LogP contribution in [0, 0.1) is 6.92 Å². The summed E-state index contributed by atoms with van der Waals surface area (Å²) in [6.45, 7) is 6.47. The normalized spacial score (nSPS) is 15.0. The number of carbonyl (C=O) groups excluding carboxylic acids is 2. The summed E-state index contributed by atoms with van der Waals surface area (Å²) in [7, 11) is 1.69. The van der Waals surface area contributed by atoms with Crippen molar-refractivity contribution >= 4 is 28.3 Å². The molecule has 1 N–H and O–H groups in total. The number of methoxy groups -OCH3 is 1. The lowest BCUT2D eigenvalue weighted by Gasteiger charge is -2.34. The second-order valence-corrected chi connectivity index (χ2v) is 7.29. The number of nitrogens with zero attached hydrogens (tertiary/aromatic N) is 3. The average molecular weight is 388 g/mol. The number of aryl methyl sites for hydroxylation is 1. The molecule has 2 heterocycles. The number of hydrogen-bond donors (Lipinski definition) is 1. The zero-order valence-corrected chi connectivity index (χ0v) is 16.4. The third-order valence-corrected chi connectivity index (χ3v) is 5.36. The molecular formula is C19H24N4O3S. The molecule has 0 unspecified atom stereocenters. The molecule has 0 spiro atoms.